The third-order valence-corrected chi connectivity index (χ3v) is 9.23. The van der Waals surface area contributed by atoms with Crippen molar-refractivity contribution < 1.29 is 37.8 Å². The lowest BCUT2D eigenvalue weighted by Gasteiger charge is -2.34. The number of rotatable bonds is 20. The number of hydrogen-bond acceptors (Lipinski definition) is 6. The molecular formula is C38H57F3N4O5. The molecule has 5 unspecified atom stereocenters. The van der Waals surface area contributed by atoms with Gasteiger partial charge in [-0.05, 0) is 44.2 Å². The first kappa shape index (κ1) is 44.4. The molecule has 6 atom stereocenters. The SMILES string of the molecule is C#CCCC(O)C(O)C(CC1CCCCC1)NC(=O)[C@@H](NC(=O)C(CC(=O)N(C)CCN(C)CF)Cc1ccccc1)C(C#C)CC.FCF. The predicted molar refractivity (Wildman–Crippen MR) is 189 cm³/mol. The number of terminal acetylenes is 2. The maximum Gasteiger partial charge on any atom is 0.244 e. The van der Waals surface area contributed by atoms with Gasteiger partial charge in [0.25, 0.3) is 0 Å². The Morgan fingerprint density at radius 1 is 0.980 bits per heavy atom. The number of nitrogens with zero attached hydrogens (tertiary/aromatic N) is 2. The van der Waals surface area contributed by atoms with Gasteiger partial charge in [0, 0.05) is 38.9 Å². The van der Waals surface area contributed by atoms with Crippen LogP contribution in [-0.2, 0) is 20.8 Å². The fraction of sp³-hybridized carbons (Fsp3) is 0.658. The molecule has 50 heavy (non-hydrogen) atoms. The number of halogens is 3. The molecule has 2 rings (SSSR count). The lowest BCUT2D eigenvalue weighted by atomic mass is 9.82. The molecule has 1 aromatic rings. The number of likely N-dealkylation sites (N-methyl/N-ethyl adjacent to an activating group) is 2. The average Bonchev–Trinajstić information content (AvgIpc) is 3.12. The number of nitrogens with one attached hydrogen (secondary N) is 2. The van der Waals surface area contributed by atoms with E-state index < -0.39 is 61.7 Å². The minimum Gasteiger partial charge on any atom is -0.390 e. The van der Waals surface area contributed by atoms with Crippen LogP contribution in [0.3, 0.4) is 0 Å². The molecule has 0 bridgehead atoms. The van der Waals surface area contributed by atoms with E-state index in [1.165, 1.54) is 9.80 Å². The van der Waals surface area contributed by atoms with Crippen LogP contribution in [-0.4, -0.2) is 103 Å². The van der Waals surface area contributed by atoms with Crippen LogP contribution in [0, 0.1) is 42.4 Å². The Kier molecular flexibility index (Phi) is 22.6. The first-order valence-electron chi connectivity index (χ1n) is 17.5. The Hall–Kier alpha value is -3.58. The van der Waals surface area contributed by atoms with Crippen molar-refractivity contribution in [3.05, 3.63) is 35.9 Å². The van der Waals surface area contributed by atoms with Gasteiger partial charge in [-0.2, -0.15) is 0 Å². The normalized spacial score (nSPS) is 16.6. The highest BCUT2D eigenvalue weighted by molar-refractivity contribution is 5.91. The van der Waals surface area contributed by atoms with Gasteiger partial charge in [-0.1, -0.05) is 69.4 Å². The molecule has 280 valence electrons. The second kappa shape index (κ2) is 25.4. The maximum atomic E-state index is 14.0. The summed E-state index contributed by atoms with van der Waals surface area (Å²) in [5, 5.41) is 27.7. The number of alkyl halides is 3. The zero-order valence-electron chi connectivity index (χ0n) is 29.8. The molecule has 4 N–H and O–H groups in total. The van der Waals surface area contributed by atoms with Gasteiger partial charge in [0.1, 0.15) is 18.9 Å². The van der Waals surface area contributed by atoms with Crippen molar-refractivity contribution in [3.63, 3.8) is 0 Å². The molecule has 0 aromatic heterocycles. The van der Waals surface area contributed by atoms with Gasteiger partial charge in [0.05, 0.1) is 18.1 Å². The van der Waals surface area contributed by atoms with Crippen molar-refractivity contribution in [2.24, 2.45) is 17.8 Å². The number of hydrogen-bond donors (Lipinski definition) is 4. The summed E-state index contributed by atoms with van der Waals surface area (Å²) >= 11 is 0. The zero-order valence-corrected chi connectivity index (χ0v) is 29.8. The number of aliphatic hydroxyl groups excluding tert-OH is 2. The predicted octanol–water partition coefficient (Wildman–Crippen LogP) is 4.17. The lowest BCUT2D eigenvalue weighted by Crippen LogP contribution is -2.57. The lowest BCUT2D eigenvalue weighted by molar-refractivity contribution is -0.137. The van der Waals surface area contributed by atoms with Crippen LogP contribution in [0.25, 0.3) is 0 Å². The number of carbonyl (C=O) groups excluding carboxylic acids is 3. The number of amides is 3. The van der Waals surface area contributed by atoms with E-state index >= 15 is 0 Å². The molecule has 12 heteroatoms. The van der Waals surface area contributed by atoms with Gasteiger partial charge in [-0.3, -0.25) is 19.3 Å². The van der Waals surface area contributed by atoms with Crippen LogP contribution >= 0.6 is 0 Å². The second-order valence-corrected chi connectivity index (χ2v) is 13.0. The number of carbonyl (C=O) groups is 3. The van der Waals surface area contributed by atoms with Gasteiger partial charge in [0.15, 0.2) is 0 Å². The Bertz CT molecular complexity index is 1210. The van der Waals surface area contributed by atoms with Gasteiger partial charge >= 0.3 is 0 Å². The summed E-state index contributed by atoms with van der Waals surface area (Å²) in [6, 6.07) is 7.39. The van der Waals surface area contributed by atoms with Gasteiger partial charge in [-0.15, -0.1) is 24.7 Å². The van der Waals surface area contributed by atoms with Crippen LogP contribution in [0.4, 0.5) is 13.2 Å². The number of benzene rings is 1. The third kappa shape index (κ3) is 16.4. The van der Waals surface area contributed by atoms with Crippen molar-refractivity contribution in [3.8, 4) is 24.7 Å². The Labute approximate surface area is 296 Å². The summed E-state index contributed by atoms with van der Waals surface area (Å²) in [7, 11) is 3.23. The standard InChI is InChI=1S/C37H55FN4O5.CH2F2/c1-6-9-20-32(43)35(45)31(24-28-18-14-11-15-19-28)39-37(47)34(29(7-2)8-3)40-36(46)30(23-27-16-12-10-13-17-27)25-33(44)42(5)22-21-41(4)26-38;2-1-3/h1-2,10,12-13,16-17,28-32,34-35,43,45H,8-9,11,14-15,18-26H2,3-5H3,(H,39,47)(H,40,46);1H2/t29?,30?,31?,32?,34-,35?;/m0./s1. The summed E-state index contributed by atoms with van der Waals surface area (Å²) in [5.74, 6) is 2.57. The first-order valence-corrected chi connectivity index (χ1v) is 17.5. The molecule has 0 spiro atoms. The highest BCUT2D eigenvalue weighted by atomic mass is 19.3. The summed E-state index contributed by atoms with van der Waals surface area (Å²) in [4.78, 5) is 44.0. The van der Waals surface area contributed by atoms with Gasteiger partial charge in [0.2, 0.25) is 24.6 Å². The largest absolute Gasteiger partial charge is 0.390 e. The van der Waals surface area contributed by atoms with Gasteiger partial charge < -0.3 is 25.7 Å². The highest BCUT2D eigenvalue weighted by Gasteiger charge is 2.36. The van der Waals surface area contributed by atoms with Crippen LogP contribution in [0.1, 0.15) is 76.7 Å². The average molecular weight is 707 g/mol. The van der Waals surface area contributed by atoms with Crippen LogP contribution in [0.2, 0.25) is 0 Å². The maximum absolute atomic E-state index is 14.0. The molecule has 1 aromatic carbocycles. The van der Waals surface area contributed by atoms with E-state index in [1.807, 2.05) is 37.3 Å². The molecule has 0 aliphatic heterocycles. The quantitative estimate of drug-likeness (QED) is 0.119. The minimum atomic E-state index is -1.75. The summed E-state index contributed by atoms with van der Waals surface area (Å²) in [6.45, 7) is 0.0586. The van der Waals surface area contributed by atoms with Gasteiger partial charge in [-0.25, -0.2) is 13.2 Å². The third-order valence-electron chi connectivity index (χ3n) is 9.23. The van der Waals surface area contributed by atoms with Crippen LogP contribution in [0.15, 0.2) is 30.3 Å². The topological polar surface area (TPSA) is 122 Å². The summed E-state index contributed by atoms with van der Waals surface area (Å²) < 4.78 is 32.2. The smallest absolute Gasteiger partial charge is 0.244 e. The number of aliphatic hydroxyl groups is 2. The minimum absolute atomic E-state index is 0.123. The molecule has 0 radical (unpaired) electrons. The fourth-order valence-electron chi connectivity index (χ4n) is 6.11. The van der Waals surface area contributed by atoms with Crippen molar-refractivity contribution in [1.82, 2.24) is 20.4 Å². The van der Waals surface area contributed by atoms with E-state index in [0.717, 1.165) is 37.7 Å². The monoisotopic (exact) mass is 706 g/mol. The van der Waals surface area contributed by atoms with Crippen molar-refractivity contribution >= 4 is 17.7 Å². The molecule has 1 saturated carbocycles. The van der Waals surface area contributed by atoms with E-state index in [1.54, 1.807) is 14.1 Å². The van der Waals surface area contributed by atoms with E-state index in [0.29, 0.717) is 19.4 Å². The molecule has 3 amide bonds. The molecule has 0 saturated heterocycles. The van der Waals surface area contributed by atoms with Crippen LogP contribution in [0.5, 0.6) is 0 Å². The molecule has 0 heterocycles. The molecule has 9 nitrogen and oxygen atoms in total. The fourth-order valence-corrected chi connectivity index (χ4v) is 6.11. The highest BCUT2D eigenvalue weighted by Crippen LogP contribution is 2.29. The Morgan fingerprint density at radius 2 is 1.62 bits per heavy atom. The molecule has 1 aliphatic carbocycles. The molecular weight excluding hydrogens is 649 g/mol. The van der Waals surface area contributed by atoms with Crippen LogP contribution < -0.4 is 10.6 Å². The van der Waals surface area contributed by atoms with Crippen molar-refractivity contribution in [2.75, 3.05) is 40.9 Å². The molecule has 1 aliphatic rings. The van der Waals surface area contributed by atoms with E-state index in [-0.39, 0.29) is 44.1 Å². The molecule has 1 fully saturated rings. The second-order valence-electron chi connectivity index (χ2n) is 13.0. The summed E-state index contributed by atoms with van der Waals surface area (Å²) in [6.07, 6.45) is 15.5. The van der Waals surface area contributed by atoms with E-state index in [2.05, 4.69) is 22.5 Å². The Balaban J connectivity index is 0.00000401. The van der Waals surface area contributed by atoms with E-state index in [9.17, 15) is 37.8 Å². The van der Waals surface area contributed by atoms with Crippen molar-refractivity contribution in [1.29, 1.82) is 0 Å². The first-order chi connectivity index (χ1) is 23.9. The van der Waals surface area contributed by atoms with Crippen molar-refractivity contribution in [2.45, 2.75) is 102 Å². The Morgan fingerprint density at radius 3 is 2.18 bits per heavy atom. The summed E-state index contributed by atoms with van der Waals surface area (Å²) in [5.41, 5.74) is 0.849. The van der Waals surface area contributed by atoms with E-state index in [4.69, 9.17) is 12.8 Å². The zero-order chi connectivity index (χ0) is 37.5.